The summed E-state index contributed by atoms with van der Waals surface area (Å²) < 4.78 is 32.2. The van der Waals surface area contributed by atoms with Gasteiger partial charge in [-0.3, -0.25) is 20.4 Å². The molecule has 3 rings (SSSR count). The SMILES string of the molecule is Cc1ccc(C(=O)NNC(=O)COC(=O)c2cc(S(=O)(=O)N3CCCCC3)ccc2C)cc1. The monoisotopic (exact) mass is 473 g/mol. The summed E-state index contributed by atoms with van der Waals surface area (Å²) in [5.74, 6) is -2.08. The molecule has 1 heterocycles. The van der Waals surface area contributed by atoms with E-state index < -0.39 is 34.4 Å². The Balaban J connectivity index is 1.58. The van der Waals surface area contributed by atoms with Crippen molar-refractivity contribution in [3.63, 3.8) is 0 Å². The molecule has 9 nitrogen and oxygen atoms in total. The molecule has 0 aromatic heterocycles. The third-order valence-corrected chi connectivity index (χ3v) is 7.24. The first-order valence-electron chi connectivity index (χ1n) is 10.6. The van der Waals surface area contributed by atoms with Crippen molar-refractivity contribution >= 4 is 27.8 Å². The zero-order chi connectivity index (χ0) is 24.0. The second-order valence-electron chi connectivity index (χ2n) is 7.89. The van der Waals surface area contributed by atoms with Crippen molar-refractivity contribution in [1.29, 1.82) is 0 Å². The van der Waals surface area contributed by atoms with E-state index in [1.165, 1.54) is 22.5 Å². The van der Waals surface area contributed by atoms with Gasteiger partial charge in [-0.15, -0.1) is 0 Å². The fourth-order valence-corrected chi connectivity index (χ4v) is 4.93. The molecule has 0 bridgehead atoms. The number of esters is 1. The molecule has 1 saturated heterocycles. The molecule has 0 unspecified atom stereocenters. The highest BCUT2D eigenvalue weighted by Gasteiger charge is 2.27. The lowest BCUT2D eigenvalue weighted by atomic mass is 10.1. The van der Waals surface area contributed by atoms with Crippen molar-refractivity contribution in [3.05, 3.63) is 64.7 Å². The number of ether oxygens (including phenoxy) is 1. The molecule has 1 fully saturated rings. The number of carbonyl (C=O) groups is 3. The van der Waals surface area contributed by atoms with E-state index in [-0.39, 0.29) is 10.5 Å². The van der Waals surface area contributed by atoms with Gasteiger partial charge in [-0.05, 0) is 56.5 Å². The van der Waals surface area contributed by atoms with Crippen LogP contribution in [0, 0.1) is 13.8 Å². The predicted molar refractivity (Wildman–Crippen MR) is 121 cm³/mol. The van der Waals surface area contributed by atoms with Gasteiger partial charge >= 0.3 is 5.97 Å². The molecule has 0 radical (unpaired) electrons. The van der Waals surface area contributed by atoms with Crippen LogP contribution in [0.4, 0.5) is 0 Å². The van der Waals surface area contributed by atoms with Crippen LogP contribution >= 0.6 is 0 Å². The predicted octanol–water partition coefficient (Wildman–Crippen LogP) is 2.10. The zero-order valence-electron chi connectivity index (χ0n) is 18.6. The minimum Gasteiger partial charge on any atom is -0.452 e. The third-order valence-electron chi connectivity index (χ3n) is 5.35. The van der Waals surface area contributed by atoms with E-state index >= 15 is 0 Å². The summed E-state index contributed by atoms with van der Waals surface area (Å²) in [6.45, 7) is 3.79. The van der Waals surface area contributed by atoms with Crippen LogP contribution in [0.3, 0.4) is 0 Å². The molecule has 10 heteroatoms. The molecule has 0 spiro atoms. The number of hydrogen-bond donors (Lipinski definition) is 2. The Morgan fingerprint density at radius 3 is 2.27 bits per heavy atom. The van der Waals surface area contributed by atoms with Gasteiger partial charge in [0.1, 0.15) is 0 Å². The summed E-state index contributed by atoms with van der Waals surface area (Å²) in [5, 5.41) is 0. The minimum absolute atomic E-state index is 0.0109. The Bertz CT molecular complexity index is 1140. The first kappa shape index (κ1) is 24.4. The van der Waals surface area contributed by atoms with Gasteiger partial charge in [0, 0.05) is 18.7 Å². The van der Waals surface area contributed by atoms with E-state index in [1.807, 2.05) is 6.92 Å². The van der Waals surface area contributed by atoms with Crippen LogP contribution in [-0.2, 0) is 19.6 Å². The highest BCUT2D eigenvalue weighted by Crippen LogP contribution is 2.23. The molecular weight excluding hydrogens is 446 g/mol. The lowest BCUT2D eigenvalue weighted by Gasteiger charge is -2.26. The number of nitrogens with zero attached hydrogens (tertiary/aromatic N) is 1. The summed E-state index contributed by atoms with van der Waals surface area (Å²) in [4.78, 5) is 36.5. The Labute approximate surface area is 193 Å². The van der Waals surface area contributed by atoms with Crippen molar-refractivity contribution in [3.8, 4) is 0 Å². The largest absolute Gasteiger partial charge is 0.452 e. The van der Waals surface area contributed by atoms with Gasteiger partial charge in [0.2, 0.25) is 10.0 Å². The lowest BCUT2D eigenvalue weighted by Crippen LogP contribution is -2.43. The maximum absolute atomic E-state index is 12.9. The second kappa shape index (κ2) is 10.6. The van der Waals surface area contributed by atoms with Crippen LogP contribution in [0.2, 0.25) is 0 Å². The standard InChI is InChI=1S/C23H27N3O6S/c1-16-6-9-18(10-7-16)22(28)25-24-21(27)15-32-23(29)20-14-19(11-8-17(20)2)33(30,31)26-12-4-3-5-13-26/h6-11,14H,3-5,12-13,15H2,1-2H3,(H,24,27)(H,25,28). The van der Waals surface area contributed by atoms with Crippen LogP contribution in [0.1, 0.15) is 51.1 Å². The van der Waals surface area contributed by atoms with Crippen molar-refractivity contribution < 1.29 is 27.5 Å². The van der Waals surface area contributed by atoms with Crippen molar-refractivity contribution in [2.45, 2.75) is 38.0 Å². The van der Waals surface area contributed by atoms with Gasteiger partial charge in [-0.2, -0.15) is 4.31 Å². The number of hydrazine groups is 1. The topological polar surface area (TPSA) is 122 Å². The van der Waals surface area contributed by atoms with E-state index in [4.69, 9.17) is 4.74 Å². The smallest absolute Gasteiger partial charge is 0.338 e. The number of hydrogen-bond acceptors (Lipinski definition) is 6. The molecule has 2 aromatic rings. The normalized spacial score (nSPS) is 14.4. The maximum Gasteiger partial charge on any atom is 0.338 e. The van der Waals surface area contributed by atoms with Crippen molar-refractivity contribution in [1.82, 2.24) is 15.2 Å². The molecule has 33 heavy (non-hydrogen) atoms. The fraction of sp³-hybridized carbons (Fsp3) is 0.348. The van der Waals surface area contributed by atoms with E-state index in [9.17, 15) is 22.8 Å². The minimum atomic E-state index is -3.71. The van der Waals surface area contributed by atoms with Crippen LogP contribution in [0.15, 0.2) is 47.4 Å². The summed E-state index contributed by atoms with van der Waals surface area (Å²) in [7, 11) is -3.71. The second-order valence-corrected chi connectivity index (χ2v) is 9.82. The molecule has 0 atom stereocenters. The maximum atomic E-state index is 12.9. The molecule has 176 valence electrons. The first-order chi connectivity index (χ1) is 15.7. The van der Waals surface area contributed by atoms with Crippen LogP contribution in [0.5, 0.6) is 0 Å². The van der Waals surface area contributed by atoms with E-state index in [2.05, 4.69) is 10.9 Å². The van der Waals surface area contributed by atoms with Gasteiger partial charge in [-0.25, -0.2) is 13.2 Å². The van der Waals surface area contributed by atoms with E-state index in [0.29, 0.717) is 24.2 Å². The van der Waals surface area contributed by atoms with Crippen LogP contribution < -0.4 is 10.9 Å². The fourth-order valence-electron chi connectivity index (χ4n) is 3.38. The van der Waals surface area contributed by atoms with Crippen molar-refractivity contribution in [2.24, 2.45) is 0 Å². The average Bonchev–Trinajstić information content (AvgIpc) is 2.82. The highest BCUT2D eigenvalue weighted by molar-refractivity contribution is 7.89. The number of nitrogens with one attached hydrogen (secondary N) is 2. The number of rotatable bonds is 6. The number of benzene rings is 2. The zero-order valence-corrected chi connectivity index (χ0v) is 19.4. The first-order valence-corrected chi connectivity index (χ1v) is 12.1. The van der Waals surface area contributed by atoms with Gasteiger partial charge in [0.05, 0.1) is 10.5 Å². The summed E-state index contributed by atoms with van der Waals surface area (Å²) >= 11 is 0. The van der Waals surface area contributed by atoms with Gasteiger partial charge in [0.25, 0.3) is 11.8 Å². The lowest BCUT2D eigenvalue weighted by molar-refractivity contribution is -0.125. The van der Waals surface area contributed by atoms with Gasteiger partial charge < -0.3 is 4.74 Å². The summed E-state index contributed by atoms with van der Waals surface area (Å²) in [6.07, 6.45) is 2.59. The molecule has 2 aromatic carbocycles. The quantitative estimate of drug-likeness (QED) is 0.489. The highest BCUT2D eigenvalue weighted by atomic mass is 32.2. The number of piperidine rings is 1. The Morgan fingerprint density at radius 1 is 0.939 bits per heavy atom. The number of amides is 2. The summed E-state index contributed by atoms with van der Waals surface area (Å²) in [6, 6.07) is 11.0. The molecule has 1 aliphatic rings. The number of aryl methyl sites for hydroxylation is 2. The Kier molecular flexibility index (Phi) is 7.83. The molecule has 2 amide bonds. The summed E-state index contributed by atoms with van der Waals surface area (Å²) in [5.41, 5.74) is 6.35. The van der Waals surface area contributed by atoms with E-state index in [0.717, 1.165) is 24.8 Å². The third kappa shape index (κ3) is 6.17. The molecular formula is C23H27N3O6S. The molecule has 0 saturated carbocycles. The van der Waals surface area contributed by atoms with Crippen LogP contribution in [0.25, 0.3) is 0 Å². The van der Waals surface area contributed by atoms with E-state index in [1.54, 1.807) is 31.2 Å². The molecule has 1 aliphatic heterocycles. The Morgan fingerprint density at radius 2 is 1.61 bits per heavy atom. The van der Waals surface area contributed by atoms with Crippen LogP contribution in [-0.4, -0.2) is 50.2 Å². The number of sulfonamides is 1. The molecule has 0 aliphatic carbocycles. The van der Waals surface area contributed by atoms with Gasteiger partial charge in [0.15, 0.2) is 6.61 Å². The Hall–Kier alpha value is -3.24. The number of carbonyl (C=O) groups excluding carboxylic acids is 3. The van der Waals surface area contributed by atoms with Gasteiger partial charge in [-0.1, -0.05) is 30.2 Å². The van der Waals surface area contributed by atoms with Crippen molar-refractivity contribution in [2.75, 3.05) is 19.7 Å². The molecule has 2 N–H and O–H groups in total. The average molecular weight is 474 g/mol.